The number of anilines is 1. The minimum Gasteiger partial charge on any atom is -0.493 e. The minimum atomic E-state index is -0.0962. The molecular weight excluding hydrogens is 322 g/mol. The highest BCUT2D eigenvalue weighted by Gasteiger charge is 2.07. The molecule has 106 valence electrons. The van der Waals surface area contributed by atoms with Gasteiger partial charge in [-0.1, -0.05) is 22.9 Å². The fourth-order valence-corrected chi connectivity index (χ4v) is 1.95. The highest BCUT2D eigenvalue weighted by atomic mass is 79.9. The molecule has 0 aliphatic rings. The van der Waals surface area contributed by atoms with Gasteiger partial charge >= 0.3 is 0 Å². The maximum absolute atomic E-state index is 11.8. The van der Waals surface area contributed by atoms with Crippen molar-refractivity contribution in [3.8, 4) is 5.75 Å². The summed E-state index contributed by atoms with van der Waals surface area (Å²) in [5, 5.41) is 9.47. The Kier molecular flexibility index (Phi) is 5.17. The molecule has 0 atom stereocenters. The van der Waals surface area contributed by atoms with Gasteiger partial charge in [0.15, 0.2) is 0 Å². The molecule has 0 radical (unpaired) electrons. The molecule has 1 amide bonds. The van der Waals surface area contributed by atoms with Crippen molar-refractivity contribution in [2.24, 2.45) is 0 Å². The number of aryl methyl sites for hydroxylation is 1. The number of H-pyrrole nitrogens is 1. The summed E-state index contributed by atoms with van der Waals surface area (Å²) in [5.74, 6) is 1.32. The third-order valence-electron chi connectivity index (χ3n) is 2.77. The van der Waals surface area contributed by atoms with E-state index in [1.165, 1.54) is 0 Å². The number of halogens is 1. The minimum absolute atomic E-state index is 0.0962. The fourth-order valence-electron chi connectivity index (χ4n) is 1.68. The summed E-state index contributed by atoms with van der Waals surface area (Å²) in [5.41, 5.74) is 0.993. The summed E-state index contributed by atoms with van der Waals surface area (Å²) in [6, 6.07) is 7.50. The number of hydrogen-bond acceptors (Lipinski definition) is 3. The second-order valence-corrected chi connectivity index (χ2v) is 5.14. The monoisotopic (exact) mass is 337 g/mol. The van der Waals surface area contributed by atoms with Crippen LogP contribution in [0.1, 0.15) is 18.9 Å². The summed E-state index contributed by atoms with van der Waals surface area (Å²) in [6.45, 7) is 2.35. The van der Waals surface area contributed by atoms with E-state index in [0.29, 0.717) is 12.4 Å². The van der Waals surface area contributed by atoms with Crippen LogP contribution in [0, 0.1) is 0 Å². The van der Waals surface area contributed by atoms with Crippen molar-refractivity contribution in [2.45, 2.75) is 19.8 Å². The number of hydrogen-bond donors (Lipinski definition) is 2. The van der Waals surface area contributed by atoms with Gasteiger partial charge in [0, 0.05) is 10.0 Å². The Labute approximate surface area is 125 Å². The lowest BCUT2D eigenvalue weighted by molar-refractivity contribution is -0.116. The lowest BCUT2D eigenvalue weighted by Gasteiger charge is -2.07. The fraction of sp³-hybridized carbons (Fsp3) is 0.286. The third kappa shape index (κ3) is 4.09. The number of amides is 1. The van der Waals surface area contributed by atoms with E-state index in [0.717, 1.165) is 22.2 Å². The smallest absolute Gasteiger partial charge is 0.228 e. The molecule has 0 aliphatic heterocycles. The van der Waals surface area contributed by atoms with Gasteiger partial charge in [-0.05, 0) is 30.7 Å². The Morgan fingerprint density at radius 3 is 2.85 bits per heavy atom. The van der Waals surface area contributed by atoms with Gasteiger partial charge in [0.1, 0.15) is 11.6 Å². The SMILES string of the molecule is CCc1cn[nH]c1NC(=O)CCOc1ccc(Br)cc1. The lowest BCUT2D eigenvalue weighted by Crippen LogP contribution is -2.16. The summed E-state index contributed by atoms with van der Waals surface area (Å²) in [7, 11) is 0. The largest absolute Gasteiger partial charge is 0.493 e. The number of aromatic amines is 1. The molecule has 1 heterocycles. The first kappa shape index (κ1) is 14.6. The Morgan fingerprint density at radius 2 is 2.15 bits per heavy atom. The van der Waals surface area contributed by atoms with Crippen molar-refractivity contribution in [2.75, 3.05) is 11.9 Å². The molecule has 0 aliphatic carbocycles. The Morgan fingerprint density at radius 1 is 1.40 bits per heavy atom. The van der Waals surface area contributed by atoms with Gasteiger partial charge in [0.25, 0.3) is 0 Å². The maximum atomic E-state index is 11.8. The molecule has 1 aromatic heterocycles. The zero-order chi connectivity index (χ0) is 14.4. The number of aromatic nitrogens is 2. The molecule has 2 N–H and O–H groups in total. The average molecular weight is 338 g/mol. The molecule has 0 saturated heterocycles. The van der Waals surface area contributed by atoms with Crippen LogP contribution in [0.3, 0.4) is 0 Å². The van der Waals surface area contributed by atoms with Crippen molar-refractivity contribution in [3.05, 3.63) is 40.5 Å². The van der Waals surface area contributed by atoms with Crippen LogP contribution in [0.15, 0.2) is 34.9 Å². The van der Waals surface area contributed by atoms with Gasteiger partial charge in [-0.2, -0.15) is 5.10 Å². The van der Waals surface area contributed by atoms with E-state index in [1.54, 1.807) is 6.20 Å². The molecule has 0 bridgehead atoms. The zero-order valence-corrected chi connectivity index (χ0v) is 12.7. The number of carbonyl (C=O) groups is 1. The molecule has 5 nitrogen and oxygen atoms in total. The quantitative estimate of drug-likeness (QED) is 0.850. The molecule has 1 aromatic carbocycles. The van der Waals surface area contributed by atoms with Crippen molar-refractivity contribution in [3.63, 3.8) is 0 Å². The van der Waals surface area contributed by atoms with E-state index < -0.39 is 0 Å². The summed E-state index contributed by atoms with van der Waals surface area (Å²) in [4.78, 5) is 11.8. The van der Waals surface area contributed by atoms with Crippen LogP contribution in [0.5, 0.6) is 5.75 Å². The summed E-state index contributed by atoms with van der Waals surface area (Å²) in [6.07, 6.45) is 2.83. The number of benzene rings is 1. The molecule has 2 rings (SSSR count). The van der Waals surface area contributed by atoms with E-state index in [4.69, 9.17) is 4.74 Å². The van der Waals surface area contributed by atoms with Gasteiger partial charge in [-0.3, -0.25) is 9.89 Å². The maximum Gasteiger partial charge on any atom is 0.228 e. The molecule has 2 aromatic rings. The van der Waals surface area contributed by atoms with Crippen LogP contribution in [0.25, 0.3) is 0 Å². The summed E-state index contributed by atoms with van der Waals surface area (Å²) >= 11 is 3.35. The Bertz CT molecular complexity index is 566. The van der Waals surface area contributed by atoms with E-state index in [1.807, 2.05) is 31.2 Å². The second kappa shape index (κ2) is 7.09. The molecular formula is C14H16BrN3O2. The number of carbonyl (C=O) groups excluding carboxylic acids is 1. The van der Waals surface area contributed by atoms with Crippen LogP contribution >= 0.6 is 15.9 Å². The number of nitrogens with one attached hydrogen (secondary N) is 2. The van der Waals surface area contributed by atoms with Gasteiger partial charge in [0.05, 0.1) is 19.2 Å². The van der Waals surface area contributed by atoms with E-state index in [9.17, 15) is 4.79 Å². The highest BCUT2D eigenvalue weighted by Crippen LogP contribution is 2.16. The first-order valence-electron chi connectivity index (χ1n) is 6.39. The normalized spacial score (nSPS) is 10.3. The lowest BCUT2D eigenvalue weighted by atomic mass is 10.2. The first-order valence-corrected chi connectivity index (χ1v) is 7.18. The standard InChI is InChI=1S/C14H16BrN3O2/c1-2-10-9-16-18-14(10)17-13(19)7-8-20-12-5-3-11(15)4-6-12/h3-6,9H,2,7-8H2,1H3,(H2,16,17,18,19). The van der Waals surface area contributed by atoms with Crippen LogP contribution in [-0.2, 0) is 11.2 Å². The molecule has 6 heteroatoms. The number of rotatable bonds is 6. The van der Waals surface area contributed by atoms with E-state index in [-0.39, 0.29) is 12.3 Å². The first-order chi connectivity index (χ1) is 9.69. The molecule has 0 unspecified atom stereocenters. The Balaban J connectivity index is 1.76. The average Bonchev–Trinajstić information content (AvgIpc) is 2.88. The predicted molar refractivity (Wildman–Crippen MR) is 80.8 cm³/mol. The number of ether oxygens (including phenoxy) is 1. The van der Waals surface area contributed by atoms with Crippen LogP contribution in [0.4, 0.5) is 5.82 Å². The zero-order valence-electron chi connectivity index (χ0n) is 11.1. The topological polar surface area (TPSA) is 67.0 Å². The third-order valence-corrected chi connectivity index (χ3v) is 3.30. The van der Waals surface area contributed by atoms with Crippen molar-refractivity contribution >= 4 is 27.7 Å². The number of nitrogens with zero attached hydrogens (tertiary/aromatic N) is 1. The van der Waals surface area contributed by atoms with E-state index >= 15 is 0 Å². The summed E-state index contributed by atoms with van der Waals surface area (Å²) < 4.78 is 6.49. The van der Waals surface area contributed by atoms with Crippen molar-refractivity contribution in [1.82, 2.24) is 10.2 Å². The van der Waals surface area contributed by atoms with Crippen LogP contribution < -0.4 is 10.1 Å². The highest BCUT2D eigenvalue weighted by molar-refractivity contribution is 9.10. The van der Waals surface area contributed by atoms with E-state index in [2.05, 4.69) is 31.4 Å². The molecule has 0 spiro atoms. The van der Waals surface area contributed by atoms with Crippen LogP contribution in [0.2, 0.25) is 0 Å². The predicted octanol–water partition coefficient (Wildman–Crippen LogP) is 3.14. The second-order valence-electron chi connectivity index (χ2n) is 4.22. The van der Waals surface area contributed by atoms with Gasteiger partial charge in [-0.25, -0.2) is 0 Å². The molecule has 0 saturated carbocycles. The molecule has 20 heavy (non-hydrogen) atoms. The van der Waals surface area contributed by atoms with Gasteiger partial charge < -0.3 is 10.1 Å². The van der Waals surface area contributed by atoms with Crippen molar-refractivity contribution in [1.29, 1.82) is 0 Å². The van der Waals surface area contributed by atoms with Gasteiger partial charge in [0.2, 0.25) is 5.91 Å². The van der Waals surface area contributed by atoms with Crippen molar-refractivity contribution < 1.29 is 9.53 Å². The Hall–Kier alpha value is -1.82. The van der Waals surface area contributed by atoms with Crippen LogP contribution in [-0.4, -0.2) is 22.7 Å². The molecule has 0 fully saturated rings. The van der Waals surface area contributed by atoms with Gasteiger partial charge in [-0.15, -0.1) is 0 Å².